The van der Waals surface area contributed by atoms with Crippen LogP contribution in [-0.4, -0.2) is 86.8 Å². The van der Waals surface area contributed by atoms with Gasteiger partial charge in [0, 0.05) is 65.0 Å². The lowest BCUT2D eigenvalue weighted by Crippen LogP contribution is -2.44. The molecule has 0 radical (unpaired) electrons. The van der Waals surface area contributed by atoms with Gasteiger partial charge in [0.1, 0.15) is 23.0 Å². The zero-order valence-corrected chi connectivity index (χ0v) is 28.5. The maximum Gasteiger partial charge on any atom is 0.257 e. The summed E-state index contributed by atoms with van der Waals surface area (Å²) < 4.78 is 19.1. The van der Waals surface area contributed by atoms with Crippen LogP contribution in [0.25, 0.3) is 0 Å². The molecule has 4 N–H and O–H groups in total. The van der Waals surface area contributed by atoms with E-state index in [0.29, 0.717) is 93.3 Å². The predicted molar refractivity (Wildman–Crippen MR) is 191 cm³/mol. The third-order valence-corrected chi connectivity index (χ3v) is 9.55. The van der Waals surface area contributed by atoms with E-state index in [1.54, 1.807) is 0 Å². The fourth-order valence-electron chi connectivity index (χ4n) is 7.02. The number of hydrogen-bond acceptors (Lipinski definition) is 8. The molecule has 4 aromatic carbocycles. The zero-order valence-electron chi connectivity index (χ0n) is 28.5. The van der Waals surface area contributed by atoms with Gasteiger partial charge in [-0.05, 0) is 44.5 Å². The number of aromatic hydroxyl groups is 1. The van der Waals surface area contributed by atoms with E-state index in [4.69, 9.17) is 14.2 Å². The number of rotatable bonds is 0. The van der Waals surface area contributed by atoms with E-state index in [1.165, 1.54) is 0 Å². The highest BCUT2D eigenvalue weighted by molar-refractivity contribution is 5.78. The summed E-state index contributed by atoms with van der Waals surface area (Å²) in [6, 6.07) is 23.3. The Morgan fingerprint density at radius 2 is 0.725 bits per heavy atom. The number of amides is 3. The smallest absolute Gasteiger partial charge is 0.257 e. The molecule has 2 heterocycles. The zero-order chi connectivity index (χ0) is 35.2. The van der Waals surface area contributed by atoms with E-state index < -0.39 is 0 Å². The second-order valence-corrected chi connectivity index (χ2v) is 13.1. The first kappa shape index (κ1) is 33.9. The molecule has 4 aromatic rings. The van der Waals surface area contributed by atoms with Crippen molar-refractivity contribution < 1.29 is 33.7 Å². The Morgan fingerprint density at radius 1 is 0.451 bits per heavy atom. The molecule has 0 unspecified atom stereocenters. The Hall–Kier alpha value is -5.55. The molecule has 0 fully saturated rings. The summed E-state index contributed by atoms with van der Waals surface area (Å²) in [6.45, 7) is 2.01. The van der Waals surface area contributed by atoms with Crippen molar-refractivity contribution in [3.05, 3.63) is 117 Å². The number of fused-ring (bicyclic) bond motifs is 8. The van der Waals surface area contributed by atoms with Crippen molar-refractivity contribution in [3.63, 3.8) is 0 Å². The Labute approximate surface area is 296 Å². The van der Waals surface area contributed by atoms with Crippen LogP contribution in [-0.2, 0) is 40.1 Å². The maximum atomic E-state index is 13.2. The minimum Gasteiger partial charge on any atom is -0.507 e. The van der Waals surface area contributed by atoms with Crippen LogP contribution >= 0.6 is 0 Å². The van der Waals surface area contributed by atoms with E-state index in [1.807, 2.05) is 72.8 Å². The molecule has 0 saturated heterocycles. The molecule has 0 aromatic heterocycles. The number of benzene rings is 4. The Morgan fingerprint density at radius 3 is 1.04 bits per heavy atom. The van der Waals surface area contributed by atoms with Crippen LogP contribution < -0.4 is 30.2 Å². The van der Waals surface area contributed by atoms with Gasteiger partial charge in [0.2, 0.25) is 0 Å². The highest BCUT2D eigenvalue weighted by Crippen LogP contribution is 2.38. The molecule has 12 bridgehead atoms. The lowest BCUT2D eigenvalue weighted by atomic mass is 9.91. The van der Waals surface area contributed by atoms with Crippen LogP contribution in [0.15, 0.2) is 72.8 Å². The van der Waals surface area contributed by atoms with Gasteiger partial charge in [0.05, 0.1) is 0 Å². The minimum absolute atomic E-state index is 0.167. The number of nitrogens with one attached hydrogen (secondary N) is 3. The molecule has 3 amide bonds. The summed E-state index contributed by atoms with van der Waals surface area (Å²) in [5.74, 6) is 1.09. The molecule has 0 saturated carbocycles. The highest BCUT2D eigenvalue weighted by Gasteiger charge is 2.23. The lowest BCUT2D eigenvalue weighted by Gasteiger charge is -2.24. The van der Waals surface area contributed by atoms with Gasteiger partial charge < -0.3 is 35.3 Å². The first-order valence-corrected chi connectivity index (χ1v) is 17.4. The van der Waals surface area contributed by atoms with Crippen molar-refractivity contribution >= 4 is 17.7 Å². The van der Waals surface area contributed by atoms with Crippen LogP contribution in [0.3, 0.4) is 0 Å². The van der Waals surface area contributed by atoms with Crippen LogP contribution in [0.2, 0.25) is 0 Å². The van der Waals surface area contributed by atoms with Gasteiger partial charge in [0.15, 0.2) is 19.8 Å². The molecule has 264 valence electrons. The summed E-state index contributed by atoms with van der Waals surface area (Å²) in [5.41, 5.74) is 6.39. The van der Waals surface area contributed by atoms with Crippen LogP contribution in [0.1, 0.15) is 44.5 Å². The minimum atomic E-state index is -0.271. The molecular weight excluding hydrogens is 648 g/mol. The molecule has 7 rings (SSSR count). The monoisotopic (exact) mass is 690 g/mol. The Kier molecular flexibility index (Phi) is 10.3. The summed E-state index contributed by atoms with van der Waals surface area (Å²) in [7, 11) is 0. The maximum absolute atomic E-state index is 13.2. The van der Waals surface area contributed by atoms with E-state index in [9.17, 15) is 19.5 Å². The van der Waals surface area contributed by atoms with Crippen molar-refractivity contribution in [2.45, 2.75) is 25.7 Å². The first-order valence-electron chi connectivity index (χ1n) is 17.4. The number of ether oxygens (including phenoxy) is 3. The molecular formula is C40H42N4O7. The van der Waals surface area contributed by atoms with E-state index in [-0.39, 0.29) is 43.3 Å². The largest absolute Gasteiger partial charge is 0.507 e. The Balaban J connectivity index is 1.44. The number of carbonyl (C=O) groups is 3. The predicted octanol–water partition coefficient (Wildman–Crippen LogP) is 2.88. The van der Waals surface area contributed by atoms with E-state index in [2.05, 4.69) is 20.9 Å². The molecule has 2 aliphatic heterocycles. The molecule has 1 aliphatic carbocycles. The van der Waals surface area contributed by atoms with Gasteiger partial charge in [-0.25, -0.2) is 0 Å². The van der Waals surface area contributed by atoms with Gasteiger partial charge in [0.25, 0.3) is 17.7 Å². The number of carbonyl (C=O) groups excluding carboxylic acids is 3. The second-order valence-electron chi connectivity index (χ2n) is 13.1. The summed E-state index contributed by atoms with van der Waals surface area (Å²) >= 11 is 0. The molecule has 0 atom stereocenters. The van der Waals surface area contributed by atoms with Crippen molar-refractivity contribution in [2.75, 3.05) is 59.1 Å². The molecule has 11 heteroatoms. The Bertz CT molecular complexity index is 1830. The van der Waals surface area contributed by atoms with Gasteiger partial charge in [-0.15, -0.1) is 0 Å². The summed E-state index contributed by atoms with van der Waals surface area (Å²) in [4.78, 5) is 41.5. The summed E-state index contributed by atoms with van der Waals surface area (Å²) in [6.07, 6.45) is 1.49. The van der Waals surface area contributed by atoms with Crippen molar-refractivity contribution in [2.24, 2.45) is 0 Å². The lowest BCUT2D eigenvalue weighted by molar-refractivity contribution is -0.123. The van der Waals surface area contributed by atoms with Gasteiger partial charge in [-0.1, -0.05) is 72.8 Å². The van der Waals surface area contributed by atoms with E-state index in [0.717, 1.165) is 33.4 Å². The van der Waals surface area contributed by atoms with Crippen molar-refractivity contribution in [1.82, 2.24) is 20.9 Å². The number of hydrogen-bond donors (Lipinski definition) is 4. The standard InChI is InChI=1S/C40H42N4O7/c45-34-23-49-38-28-7-2-9-30(38)21-32-11-4-12-33-22-31-10-3-8-29(20-27-6-1-5-26(19-28)37(27)48)39(31)50-24-35(46)42-14-17-44(16-13-41-34)18-15-43-36(47)25-51-40(32)33/h1-12,48H,13-25H2,(H,41,45)(H,42,46)(H,43,47). The van der Waals surface area contributed by atoms with Crippen LogP contribution in [0.5, 0.6) is 23.0 Å². The van der Waals surface area contributed by atoms with Crippen molar-refractivity contribution in [1.29, 1.82) is 0 Å². The van der Waals surface area contributed by atoms with E-state index >= 15 is 0 Å². The summed E-state index contributed by atoms with van der Waals surface area (Å²) in [5, 5.41) is 20.5. The average Bonchev–Trinajstić information content (AvgIpc) is 3.11. The van der Waals surface area contributed by atoms with Crippen LogP contribution in [0, 0.1) is 0 Å². The van der Waals surface area contributed by atoms with Crippen molar-refractivity contribution in [3.8, 4) is 23.0 Å². The average molecular weight is 691 g/mol. The normalized spacial score (nSPS) is 17.5. The van der Waals surface area contributed by atoms with Crippen LogP contribution in [0.4, 0.5) is 0 Å². The quantitative estimate of drug-likeness (QED) is 0.182. The third kappa shape index (κ3) is 8.10. The SMILES string of the molecule is O=C1COc2c3cccc2Cc2cccc4c2OCC(=O)NCCN(CCN1)CCNC(=O)COc1c(cccc1C4)Cc1cccc(c1O)C3. The number of phenols is 1. The van der Waals surface area contributed by atoms with Gasteiger partial charge >= 0.3 is 0 Å². The number of nitrogens with zero attached hydrogens (tertiary/aromatic N) is 1. The fourth-order valence-corrected chi connectivity index (χ4v) is 7.02. The third-order valence-electron chi connectivity index (χ3n) is 9.55. The van der Waals surface area contributed by atoms with Gasteiger partial charge in [-0.3, -0.25) is 19.3 Å². The number of phenolic OH excluding ortho intramolecular Hbond substituents is 1. The molecule has 11 nitrogen and oxygen atoms in total. The molecule has 0 spiro atoms. The van der Waals surface area contributed by atoms with Gasteiger partial charge in [-0.2, -0.15) is 0 Å². The first-order chi connectivity index (χ1) is 24.9. The molecule has 3 aliphatic rings. The molecule has 51 heavy (non-hydrogen) atoms. The highest BCUT2D eigenvalue weighted by atomic mass is 16.5. The fraction of sp³-hybridized carbons (Fsp3) is 0.325. The second kappa shape index (κ2) is 15.6. The number of para-hydroxylation sites is 4. The topological polar surface area (TPSA) is 138 Å².